The van der Waals surface area contributed by atoms with Crippen molar-refractivity contribution < 1.29 is 19.0 Å². The molecule has 4 nitrogen and oxygen atoms in total. The van der Waals surface area contributed by atoms with E-state index in [0.29, 0.717) is 11.8 Å². The van der Waals surface area contributed by atoms with Crippen LogP contribution in [0.3, 0.4) is 0 Å². The lowest BCUT2D eigenvalue weighted by Crippen LogP contribution is -2.50. The molecular formula is C23H38O4. The van der Waals surface area contributed by atoms with Crippen molar-refractivity contribution in [2.45, 2.75) is 106 Å². The minimum Gasteiger partial charge on any atom is -0.459 e. The average molecular weight is 379 g/mol. The zero-order valence-electron chi connectivity index (χ0n) is 18.6. The van der Waals surface area contributed by atoms with Crippen molar-refractivity contribution in [1.29, 1.82) is 0 Å². The highest BCUT2D eigenvalue weighted by molar-refractivity contribution is 5.85. The molecule has 0 aromatic carbocycles. The van der Waals surface area contributed by atoms with Gasteiger partial charge in [-0.2, -0.15) is 0 Å². The van der Waals surface area contributed by atoms with Crippen LogP contribution < -0.4 is 0 Å². The van der Waals surface area contributed by atoms with E-state index in [1.165, 1.54) is 0 Å². The van der Waals surface area contributed by atoms with Crippen molar-refractivity contribution >= 4 is 5.97 Å². The number of ether oxygens (including phenoxy) is 3. The molecule has 4 heteroatoms. The lowest BCUT2D eigenvalue weighted by molar-refractivity contribution is -0.244. The Balaban J connectivity index is 1.90. The molecule has 0 N–H and O–H groups in total. The van der Waals surface area contributed by atoms with Gasteiger partial charge >= 0.3 is 5.97 Å². The third-order valence-corrected chi connectivity index (χ3v) is 6.27. The van der Waals surface area contributed by atoms with E-state index in [9.17, 15) is 4.79 Å². The van der Waals surface area contributed by atoms with Gasteiger partial charge < -0.3 is 14.2 Å². The van der Waals surface area contributed by atoms with Crippen molar-refractivity contribution in [2.75, 3.05) is 0 Å². The van der Waals surface area contributed by atoms with Gasteiger partial charge in [0.1, 0.15) is 11.0 Å². The molecule has 0 spiro atoms. The Hall–Kier alpha value is -1.05. The van der Waals surface area contributed by atoms with E-state index in [4.69, 9.17) is 14.2 Å². The van der Waals surface area contributed by atoms with E-state index < -0.39 is 11.0 Å². The zero-order chi connectivity index (χ0) is 20.6. The van der Waals surface area contributed by atoms with E-state index in [1.807, 2.05) is 27.7 Å². The van der Waals surface area contributed by atoms with Crippen molar-refractivity contribution in [3.8, 4) is 11.8 Å². The molecule has 0 radical (unpaired) electrons. The van der Waals surface area contributed by atoms with Crippen LogP contribution >= 0.6 is 0 Å². The summed E-state index contributed by atoms with van der Waals surface area (Å²) in [7, 11) is 0. The number of hydrogen-bond acceptors (Lipinski definition) is 4. The van der Waals surface area contributed by atoms with E-state index in [2.05, 4.69) is 46.5 Å². The van der Waals surface area contributed by atoms with E-state index in [0.717, 1.165) is 19.3 Å². The highest BCUT2D eigenvalue weighted by Crippen LogP contribution is 2.49. The number of rotatable bonds is 6. The maximum Gasteiger partial charge on any atom is 0.326 e. The molecule has 1 fully saturated rings. The van der Waals surface area contributed by atoms with Gasteiger partial charge in [0.15, 0.2) is 6.29 Å². The molecule has 2 aliphatic rings. The standard InChI is InChI=1S/C23H38O4/c1-15-14-16(2)19(26-18(15)4)25-17(3)10-11-22(8)12-13-23(22,9)20(24)27-21(5,6)7/h15-19H,10-11,14H2,1-9H3/t15-,16-,17-,18+,19-,22+,23+/m1/s1. The van der Waals surface area contributed by atoms with Gasteiger partial charge in [0.25, 0.3) is 0 Å². The van der Waals surface area contributed by atoms with Crippen LogP contribution in [0.4, 0.5) is 0 Å². The van der Waals surface area contributed by atoms with Gasteiger partial charge in [-0.3, -0.25) is 4.79 Å². The molecule has 154 valence electrons. The van der Waals surface area contributed by atoms with Crippen LogP contribution in [-0.2, 0) is 19.0 Å². The molecule has 7 atom stereocenters. The highest BCUT2D eigenvalue weighted by Gasteiger charge is 2.55. The van der Waals surface area contributed by atoms with E-state index in [1.54, 1.807) is 0 Å². The average Bonchev–Trinajstić information content (AvgIpc) is 2.54. The Morgan fingerprint density at radius 2 is 1.81 bits per heavy atom. The predicted molar refractivity (Wildman–Crippen MR) is 107 cm³/mol. The number of hydrogen-bond donors (Lipinski definition) is 0. The molecule has 1 heterocycles. The molecule has 1 saturated heterocycles. The SMILES string of the molecule is C[C@H](CC[C@@]1(C)C#C[C@@]1(C)C(=O)OC(C)(C)C)O[C@@H]1O[C@@H](C)[C@H](C)C[C@H]1C. The lowest BCUT2D eigenvalue weighted by atomic mass is 9.57. The van der Waals surface area contributed by atoms with Crippen molar-refractivity contribution in [1.82, 2.24) is 0 Å². The first-order valence-electron chi connectivity index (χ1n) is 10.4. The number of carbonyl (C=O) groups excluding carboxylic acids is 1. The summed E-state index contributed by atoms with van der Waals surface area (Å²) in [4.78, 5) is 12.7. The molecule has 0 saturated carbocycles. The minimum absolute atomic E-state index is 0.0557. The van der Waals surface area contributed by atoms with Crippen molar-refractivity contribution in [3.63, 3.8) is 0 Å². The Morgan fingerprint density at radius 1 is 1.19 bits per heavy atom. The number of carbonyl (C=O) groups is 1. The maximum absolute atomic E-state index is 12.7. The van der Waals surface area contributed by atoms with E-state index >= 15 is 0 Å². The second-order valence-electron chi connectivity index (χ2n) is 10.1. The summed E-state index contributed by atoms with van der Waals surface area (Å²) < 4.78 is 17.9. The third-order valence-electron chi connectivity index (χ3n) is 6.27. The van der Waals surface area contributed by atoms with Gasteiger partial charge in [-0.1, -0.05) is 25.7 Å². The molecule has 0 bridgehead atoms. The summed E-state index contributed by atoms with van der Waals surface area (Å²) in [6.45, 7) is 18.3. The van der Waals surface area contributed by atoms with Gasteiger partial charge in [-0.25, -0.2) is 0 Å². The molecule has 27 heavy (non-hydrogen) atoms. The maximum atomic E-state index is 12.7. The van der Waals surface area contributed by atoms with Gasteiger partial charge in [-0.05, 0) is 73.6 Å². The van der Waals surface area contributed by atoms with Crippen molar-refractivity contribution in [2.24, 2.45) is 22.7 Å². The fourth-order valence-electron chi connectivity index (χ4n) is 3.76. The van der Waals surface area contributed by atoms with Crippen LogP contribution in [0, 0.1) is 34.5 Å². The van der Waals surface area contributed by atoms with Crippen LogP contribution in [0.1, 0.15) is 81.6 Å². The Kier molecular flexibility index (Phi) is 6.39. The quantitative estimate of drug-likeness (QED) is 0.484. The zero-order valence-corrected chi connectivity index (χ0v) is 18.6. The first-order chi connectivity index (χ1) is 12.3. The molecule has 0 aromatic heterocycles. The number of esters is 1. The Morgan fingerprint density at radius 3 is 2.33 bits per heavy atom. The Bertz CT molecular complexity index is 610. The van der Waals surface area contributed by atoms with Crippen LogP contribution in [-0.4, -0.2) is 30.1 Å². The van der Waals surface area contributed by atoms with Crippen LogP contribution in [0.2, 0.25) is 0 Å². The third kappa shape index (κ3) is 4.87. The molecule has 1 aliphatic carbocycles. The fourth-order valence-corrected chi connectivity index (χ4v) is 3.76. The molecule has 1 aliphatic heterocycles. The van der Waals surface area contributed by atoms with Gasteiger partial charge in [0.2, 0.25) is 0 Å². The topological polar surface area (TPSA) is 44.8 Å². The summed E-state index contributed by atoms with van der Waals surface area (Å²) in [6, 6.07) is 0. The summed E-state index contributed by atoms with van der Waals surface area (Å²) in [5.74, 6) is 7.02. The minimum atomic E-state index is -0.751. The first-order valence-corrected chi connectivity index (χ1v) is 10.4. The molecule has 0 aromatic rings. The Labute approximate surface area is 165 Å². The summed E-state index contributed by atoms with van der Waals surface area (Å²) in [5, 5.41) is 0. The predicted octanol–water partition coefficient (Wildman–Crippen LogP) is 4.95. The monoisotopic (exact) mass is 378 g/mol. The summed E-state index contributed by atoms with van der Waals surface area (Å²) in [5.41, 5.74) is -1.64. The highest BCUT2D eigenvalue weighted by atomic mass is 16.7. The van der Waals surface area contributed by atoms with E-state index in [-0.39, 0.29) is 29.9 Å². The van der Waals surface area contributed by atoms with Gasteiger partial charge in [0, 0.05) is 5.92 Å². The second-order valence-corrected chi connectivity index (χ2v) is 10.1. The van der Waals surface area contributed by atoms with Gasteiger partial charge in [0.05, 0.1) is 17.6 Å². The smallest absolute Gasteiger partial charge is 0.326 e. The fraction of sp³-hybridized carbons (Fsp3) is 0.870. The van der Waals surface area contributed by atoms with Crippen molar-refractivity contribution in [3.05, 3.63) is 0 Å². The summed E-state index contributed by atoms with van der Waals surface area (Å²) in [6.07, 6.45) is 2.88. The second kappa shape index (κ2) is 7.76. The van der Waals surface area contributed by atoms with Gasteiger partial charge in [-0.15, -0.1) is 0 Å². The normalized spacial score (nSPS) is 39.7. The molecular weight excluding hydrogens is 340 g/mol. The first kappa shape index (κ1) is 22.2. The molecule has 0 amide bonds. The largest absolute Gasteiger partial charge is 0.459 e. The lowest BCUT2D eigenvalue weighted by Gasteiger charge is -2.45. The molecule has 0 unspecified atom stereocenters. The van der Waals surface area contributed by atoms with Crippen LogP contribution in [0.5, 0.6) is 0 Å². The molecule has 2 rings (SSSR count). The van der Waals surface area contributed by atoms with Crippen LogP contribution in [0.25, 0.3) is 0 Å². The summed E-state index contributed by atoms with van der Waals surface area (Å²) >= 11 is 0. The van der Waals surface area contributed by atoms with Crippen LogP contribution in [0.15, 0.2) is 0 Å².